The lowest BCUT2D eigenvalue weighted by molar-refractivity contribution is -0.131. The molecule has 2 aliphatic heterocycles. The molecule has 6 aliphatic rings. The van der Waals surface area contributed by atoms with E-state index in [4.69, 9.17) is 5.73 Å². The molecule has 6 atom stereocenters. The zero-order valence-electron chi connectivity index (χ0n) is 38.0. The summed E-state index contributed by atoms with van der Waals surface area (Å²) >= 11 is 0. The summed E-state index contributed by atoms with van der Waals surface area (Å²) in [5, 5.41) is 22.8. The second kappa shape index (κ2) is 19.9. The van der Waals surface area contributed by atoms with Crippen molar-refractivity contribution in [3.63, 3.8) is 0 Å². The SMILES string of the molecule is N#C[C@H](C[C@@H]1CCNC1=O)NC(=O)[C@@H](CC(=O)c1cc2c(C3CC3)cccc2[nH]1)CC1CC1.NC(=O)[C@H](C[C@@H]1CCNC1=O)NC(=O)[C@@H](CC(=O)c1cc2c(C3CC3)cccc2[nH]1)CC1CC1. The van der Waals surface area contributed by atoms with Gasteiger partial charge in [-0.05, 0) is 123 Å². The van der Waals surface area contributed by atoms with Crippen LogP contribution >= 0.6 is 0 Å². The van der Waals surface area contributed by atoms with Crippen LogP contribution in [-0.4, -0.2) is 76.2 Å². The van der Waals surface area contributed by atoms with Crippen LogP contribution in [-0.2, 0) is 24.0 Å². The predicted octanol–water partition coefficient (Wildman–Crippen LogP) is 6.10. The van der Waals surface area contributed by atoms with Crippen molar-refractivity contribution in [3.8, 4) is 6.07 Å². The first-order valence-electron chi connectivity index (χ1n) is 24.5. The minimum absolute atomic E-state index is 0.0569. The summed E-state index contributed by atoms with van der Waals surface area (Å²) in [6.45, 7) is 1.18. The van der Waals surface area contributed by atoms with Crippen molar-refractivity contribution < 1.29 is 33.6 Å². The number of carbonyl (C=O) groups excluding carboxylic acids is 7. The molecule has 15 nitrogen and oxygen atoms in total. The van der Waals surface area contributed by atoms with E-state index in [1.165, 1.54) is 36.8 Å². The highest BCUT2D eigenvalue weighted by atomic mass is 16.2. The molecule has 4 aromatic rings. The van der Waals surface area contributed by atoms with E-state index < -0.39 is 29.8 Å². The largest absolute Gasteiger partial charge is 0.368 e. The maximum Gasteiger partial charge on any atom is 0.240 e. The molecule has 8 N–H and O–H groups in total. The number of nitrogens with two attached hydrogens (primary N) is 1. The second-order valence-corrected chi connectivity index (χ2v) is 20.2. The molecule has 2 aromatic heterocycles. The van der Waals surface area contributed by atoms with Crippen molar-refractivity contribution in [2.75, 3.05) is 13.1 Å². The van der Waals surface area contributed by atoms with Crippen molar-refractivity contribution in [2.45, 2.75) is 127 Å². The molecule has 0 bridgehead atoms. The normalized spacial score (nSPS) is 21.8. The third kappa shape index (κ3) is 11.5. The van der Waals surface area contributed by atoms with Gasteiger partial charge < -0.3 is 37.0 Å². The summed E-state index contributed by atoms with van der Waals surface area (Å²) in [4.78, 5) is 95.0. The van der Waals surface area contributed by atoms with Crippen molar-refractivity contribution in [2.24, 2.45) is 41.2 Å². The first-order chi connectivity index (χ1) is 32.4. The molecule has 352 valence electrons. The Labute approximate surface area is 389 Å². The van der Waals surface area contributed by atoms with Gasteiger partial charge >= 0.3 is 0 Å². The third-order valence-corrected chi connectivity index (χ3v) is 14.8. The summed E-state index contributed by atoms with van der Waals surface area (Å²) in [6, 6.07) is 16.6. The minimum Gasteiger partial charge on any atom is -0.368 e. The predicted molar refractivity (Wildman–Crippen MR) is 250 cm³/mol. The maximum atomic E-state index is 13.2. The molecule has 6 fully saturated rings. The fourth-order valence-electron chi connectivity index (χ4n) is 10.2. The number of aromatic amines is 2. The zero-order valence-corrected chi connectivity index (χ0v) is 38.0. The van der Waals surface area contributed by atoms with E-state index in [0.29, 0.717) is 80.3 Å². The number of rotatable bonds is 21. The molecule has 0 unspecified atom stereocenters. The van der Waals surface area contributed by atoms with Gasteiger partial charge in [0.1, 0.15) is 12.1 Å². The molecule has 0 spiro atoms. The Morgan fingerprint density at radius 2 is 1.09 bits per heavy atom. The minimum atomic E-state index is -0.924. The number of H-pyrrole nitrogens is 2. The van der Waals surface area contributed by atoms with Gasteiger partial charge in [-0.3, -0.25) is 33.6 Å². The molecule has 10 rings (SSSR count). The van der Waals surface area contributed by atoms with E-state index in [1.807, 2.05) is 36.4 Å². The van der Waals surface area contributed by atoms with E-state index in [1.54, 1.807) is 0 Å². The van der Waals surface area contributed by atoms with Crippen LogP contribution in [0.1, 0.15) is 147 Å². The Hall–Kier alpha value is -6.30. The number of hydrogen-bond acceptors (Lipinski definition) is 8. The molecule has 4 aliphatic carbocycles. The molecule has 4 heterocycles. The summed E-state index contributed by atoms with van der Waals surface area (Å²) in [5.74, 6) is -1.12. The number of aromatic nitrogens is 2. The van der Waals surface area contributed by atoms with Gasteiger partial charge in [0.2, 0.25) is 29.5 Å². The van der Waals surface area contributed by atoms with Crippen molar-refractivity contribution in [1.82, 2.24) is 31.2 Å². The lowest BCUT2D eigenvalue weighted by Crippen LogP contribution is -2.48. The van der Waals surface area contributed by atoms with Crippen LogP contribution in [0.4, 0.5) is 0 Å². The summed E-state index contributed by atoms with van der Waals surface area (Å²) in [5.41, 5.74) is 11.1. The van der Waals surface area contributed by atoms with Crippen molar-refractivity contribution in [3.05, 3.63) is 71.0 Å². The molecule has 4 saturated carbocycles. The molecular formula is C52H62N8O7. The van der Waals surface area contributed by atoms with Gasteiger partial charge in [-0.1, -0.05) is 49.9 Å². The van der Waals surface area contributed by atoms with E-state index in [2.05, 4.69) is 49.4 Å². The average Bonchev–Trinajstić information content (AvgIpc) is 4.17. The summed E-state index contributed by atoms with van der Waals surface area (Å²) < 4.78 is 0. The Kier molecular flexibility index (Phi) is 13.6. The summed E-state index contributed by atoms with van der Waals surface area (Å²) in [6.07, 6.45) is 12.3. The second-order valence-electron chi connectivity index (χ2n) is 20.2. The Morgan fingerprint density at radius 1 is 0.627 bits per heavy atom. The van der Waals surface area contributed by atoms with E-state index in [0.717, 1.165) is 47.5 Å². The Bertz CT molecular complexity index is 2610. The Balaban J connectivity index is 0.000000168. The Morgan fingerprint density at radius 3 is 1.49 bits per heavy atom. The number of nitrogens with zero attached hydrogens (tertiary/aromatic N) is 1. The number of nitrogens with one attached hydrogen (secondary N) is 6. The first-order valence-corrected chi connectivity index (χ1v) is 24.5. The van der Waals surface area contributed by atoms with E-state index in [-0.39, 0.29) is 66.3 Å². The van der Waals surface area contributed by atoms with Crippen LogP contribution < -0.4 is 27.0 Å². The van der Waals surface area contributed by atoms with Crippen molar-refractivity contribution >= 4 is 62.9 Å². The fraction of sp³-hybridized carbons (Fsp3) is 0.538. The highest BCUT2D eigenvalue weighted by Gasteiger charge is 2.37. The number of benzene rings is 2. The number of primary amides is 1. The van der Waals surface area contributed by atoms with Gasteiger partial charge in [0.25, 0.3) is 0 Å². The smallest absolute Gasteiger partial charge is 0.240 e. The molecule has 67 heavy (non-hydrogen) atoms. The molecular weight excluding hydrogens is 849 g/mol. The lowest BCUT2D eigenvalue weighted by Gasteiger charge is -2.22. The van der Waals surface area contributed by atoms with E-state index >= 15 is 0 Å². The molecule has 2 saturated heterocycles. The van der Waals surface area contributed by atoms with Crippen LogP contribution in [0.25, 0.3) is 21.8 Å². The molecule has 0 radical (unpaired) electrons. The van der Waals surface area contributed by atoms with Gasteiger partial charge in [0, 0.05) is 71.4 Å². The van der Waals surface area contributed by atoms with Crippen molar-refractivity contribution in [1.29, 1.82) is 5.26 Å². The van der Waals surface area contributed by atoms with Gasteiger partial charge in [-0.2, -0.15) is 5.26 Å². The monoisotopic (exact) mass is 910 g/mol. The number of fused-ring (bicyclic) bond motifs is 2. The first kappa shape index (κ1) is 45.8. The summed E-state index contributed by atoms with van der Waals surface area (Å²) in [7, 11) is 0. The maximum absolute atomic E-state index is 13.2. The molecule has 5 amide bonds. The van der Waals surface area contributed by atoms with Crippen LogP contribution in [0, 0.1) is 46.8 Å². The van der Waals surface area contributed by atoms with Gasteiger partial charge in [0.05, 0.1) is 17.5 Å². The van der Waals surface area contributed by atoms with Gasteiger partial charge in [0.15, 0.2) is 11.6 Å². The van der Waals surface area contributed by atoms with Crippen LogP contribution in [0.3, 0.4) is 0 Å². The standard InChI is InChI=1S/C26H32N4O4.C26H30N4O3/c27-24(32)22(11-16-8-9-28-25(16)33)30-26(34)17(10-14-4-5-14)12-23(31)21-13-19-18(15-6-7-15)2-1-3-20(19)29-21;27-14-19(11-17-8-9-28-25(17)32)29-26(33)18(10-15-4-5-15)12-24(31)23-13-21-20(16-6-7-16)2-1-3-22(21)30-23/h1-3,13-17,22,29H,4-12H2,(H2,27,32)(H,28,33)(H,30,34);1-3,13,15-19,30H,4-12H2,(H,28,32)(H,29,33)/t16-,17+,22-;17-,18+,19-/m00/s1. The van der Waals surface area contributed by atoms with Crippen LogP contribution in [0.15, 0.2) is 48.5 Å². The number of Topliss-reactive ketones (excluding diaryl/α,β-unsaturated/α-hetero) is 2. The van der Waals surface area contributed by atoms with E-state index in [9.17, 15) is 38.8 Å². The molecule has 15 heteroatoms. The number of amides is 5. The fourth-order valence-corrected chi connectivity index (χ4v) is 10.2. The third-order valence-electron chi connectivity index (χ3n) is 14.8. The number of hydrogen-bond donors (Lipinski definition) is 7. The van der Waals surface area contributed by atoms with Gasteiger partial charge in [-0.25, -0.2) is 0 Å². The number of carbonyl (C=O) groups is 7. The lowest BCUT2D eigenvalue weighted by atomic mass is 9.92. The quantitative estimate of drug-likeness (QED) is 0.0480. The molecule has 2 aromatic carbocycles. The highest BCUT2D eigenvalue weighted by molar-refractivity contribution is 6.03. The number of nitriles is 1. The van der Waals surface area contributed by atoms with Gasteiger partial charge in [-0.15, -0.1) is 0 Å². The van der Waals surface area contributed by atoms with Crippen LogP contribution in [0.2, 0.25) is 0 Å². The topological polar surface area (TPSA) is 249 Å². The zero-order chi connectivity index (χ0) is 46.8. The highest BCUT2D eigenvalue weighted by Crippen LogP contribution is 2.45. The van der Waals surface area contributed by atoms with Crippen LogP contribution in [0.5, 0.6) is 0 Å². The average molecular weight is 911 g/mol. The number of ketones is 2.